The number of ether oxygens (including phenoxy) is 1. The lowest BCUT2D eigenvalue weighted by Crippen LogP contribution is -2.31. The summed E-state index contributed by atoms with van der Waals surface area (Å²) in [5.41, 5.74) is 7.07. The highest BCUT2D eigenvalue weighted by Crippen LogP contribution is 2.26. The van der Waals surface area contributed by atoms with Gasteiger partial charge < -0.3 is 15.4 Å². The van der Waals surface area contributed by atoms with Crippen LogP contribution in [0.15, 0.2) is 42.5 Å². The number of benzene rings is 2. The molecule has 0 amide bonds. The lowest BCUT2D eigenvalue weighted by molar-refractivity contribution is 0.0644. The minimum absolute atomic E-state index is 0.152. The highest BCUT2D eigenvalue weighted by atomic mass is 16.5. The Labute approximate surface area is 127 Å². The third-order valence-electron chi connectivity index (χ3n) is 3.88. The molecule has 1 unspecified atom stereocenters. The molecule has 114 valence electrons. The Hall–Kier alpha value is -1.58. The molecule has 2 aromatic rings. The van der Waals surface area contributed by atoms with Crippen LogP contribution in [0.2, 0.25) is 0 Å². The van der Waals surface area contributed by atoms with E-state index in [0.29, 0.717) is 6.54 Å². The minimum Gasteiger partial charge on any atom is -0.377 e. The fourth-order valence-corrected chi connectivity index (χ4v) is 2.74. The minimum atomic E-state index is 0.152. The Morgan fingerprint density at radius 3 is 2.57 bits per heavy atom. The summed E-state index contributed by atoms with van der Waals surface area (Å²) in [5, 5.41) is 2.59. The molecule has 0 fully saturated rings. The second-order valence-corrected chi connectivity index (χ2v) is 5.18. The summed E-state index contributed by atoms with van der Waals surface area (Å²) in [6.45, 7) is 7.47. The van der Waals surface area contributed by atoms with E-state index in [2.05, 4.69) is 54.3 Å². The van der Waals surface area contributed by atoms with E-state index in [1.807, 2.05) is 6.92 Å². The lowest BCUT2D eigenvalue weighted by atomic mass is 10.1. The van der Waals surface area contributed by atoms with Crippen molar-refractivity contribution < 1.29 is 4.74 Å². The van der Waals surface area contributed by atoms with Crippen molar-refractivity contribution in [2.24, 2.45) is 5.73 Å². The van der Waals surface area contributed by atoms with E-state index in [1.54, 1.807) is 0 Å². The summed E-state index contributed by atoms with van der Waals surface area (Å²) in [6.07, 6.45) is 1.11. The van der Waals surface area contributed by atoms with E-state index in [-0.39, 0.29) is 6.10 Å². The first kappa shape index (κ1) is 15.8. The predicted octanol–water partition coefficient (Wildman–Crippen LogP) is 3.42. The largest absolute Gasteiger partial charge is 0.377 e. The normalized spacial score (nSPS) is 12.5. The van der Waals surface area contributed by atoms with E-state index in [9.17, 15) is 0 Å². The molecule has 2 N–H and O–H groups in total. The summed E-state index contributed by atoms with van der Waals surface area (Å²) in [7, 11) is 0. The summed E-state index contributed by atoms with van der Waals surface area (Å²) in [6, 6.07) is 15.0. The van der Waals surface area contributed by atoms with E-state index in [0.717, 1.165) is 26.1 Å². The van der Waals surface area contributed by atoms with Gasteiger partial charge in [0.25, 0.3) is 0 Å². The fraction of sp³-hybridized carbons (Fsp3) is 0.444. The van der Waals surface area contributed by atoms with Gasteiger partial charge >= 0.3 is 0 Å². The molecule has 0 aliphatic carbocycles. The monoisotopic (exact) mass is 286 g/mol. The van der Waals surface area contributed by atoms with Crippen LogP contribution in [-0.2, 0) is 4.74 Å². The molecule has 1 atom stereocenters. The molecule has 0 aliphatic rings. The quantitative estimate of drug-likeness (QED) is 0.808. The van der Waals surface area contributed by atoms with Gasteiger partial charge in [0.2, 0.25) is 0 Å². The number of hydrogen-bond donors (Lipinski definition) is 1. The van der Waals surface area contributed by atoms with Crippen LogP contribution in [-0.4, -0.2) is 32.3 Å². The number of nitrogens with zero attached hydrogens (tertiary/aromatic N) is 1. The molecule has 3 heteroatoms. The Bertz CT molecular complexity index is 550. The molecule has 0 radical (unpaired) electrons. The summed E-state index contributed by atoms with van der Waals surface area (Å²) in [4.78, 5) is 2.41. The lowest BCUT2D eigenvalue weighted by Gasteiger charge is -2.26. The molecular weight excluding hydrogens is 260 g/mol. The van der Waals surface area contributed by atoms with Gasteiger partial charge in [-0.1, -0.05) is 36.4 Å². The molecule has 0 aliphatic heterocycles. The molecule has 0 saturated carbocycles. The SMILES string of the molecule is CCOC(CN)CCN(CC)c1cccc2ccccc12. The Morgan fingerprint density at radius 1 is 1.10 bits per heavy atom. The Balaban J connectivity index is 2.16. The fourth-order valence-electron chi connectivity index (χ4n) is 2.74. The first-order chi connectivity index (χ1) is 10.3. The summed E-state index contributed by atoms with van der Waals surface area (Å²) < 4.78 is 5.66. The number of fused-ring (bicyclic) bond motifs is 1. The molecule has 0 saturated heterocycles. The van der Waals surface area contributed by atoms with Gasteiger partial charge in [0.05, 0.1) is 6.10 Å². The maximum absolute atomic E-state index is 5.77. The van der Waals surface area contributed by atoms with Crippen LogP contribution in [0.25, 0.3) is 10.8 Å². The molecule has 2 aromatic carbocycles. The van der Waals surface area contributed by atoms with Crippen molar-refractivity contribution in [1.29, 1.82) is 0 Å². The number of anilines is 1. The number of hydrogen-bond acceptors (Lipinski definition) is 3. The predicted molar refractivity (Wildman–Crippen MR) is 90.9 cm³/mol. The smallest absolute Gasteiger partial charge is 0.0713 e. The Morgan fingerprint density at radius 2 is 1.86 bits per heavy atom. The second kappa shape index (κ2) is 8.01. The van der Waals surface area contributed by atoms with Gasteiger partial charge in [-0.2, -0.15) is 0 Å². The van der Waals surface area contributed by atoms with Crippen LogP contribution in [0.3, 0.4) is 0 Å². The number of nitrogens with two attached hydrogens (primary N) is 1. The van der Waals surface area contributed by atoms with Crippen LogP contribution in [0.5, 0.6) is 0 Å². The third kappa shape index (κ3) is 3.96. The molecule has 0 heterocycles. The molecular formula is C18H26N2O. The average molecular weight is 286 g/mol. The van der Waals surface area contributed by atoms with Gasteiger partial charge in [0.1, 0.15) is 0 Å². The molecule has 0 spiro atoms. The van der Waals surface area contributed by atoms with Crippen molar-refractivity contribution in [3.8, 4) is 0 Å². The van der Waals surface area contributed by atoms with Crippen molar-refractivity contribution in [3.05, 3.63) is 42.5 Å². The molecule has 2 rings (SSSR count). The standard InChI is InChI=1S/C18H26N2O/c1-3-20(13-12-16(14-19)21-4-2)18-11-7-9-15-8-5-6-10-17(15)18/h5-11,16H,3-4,12-14,19H2,1-2H3. The topological polar surface area (TPSA) is 38.5 Å². The van der Waals surface area contributed by atoms with Gasteiger partial charge in [0.15, 0.2) is 0 Å². The van der Waals surface area contributed by atoms with Crippen LogP contribution in [0.4, 0.5) is 5.69 Å². The van der Waals surface area contributed by atoms with E-state index < -0.39 is 0 Å². The zero-order valence-corrected chi connectivity index (χ0v) is 13.1. The van der Waals surface area contributed by atoms with Crippen molar-refractivity contribution in [3.63, 3.8) is 0 Å². The first-order valence-electron chi connectivity index (χ1n) is 7.84. The zero-order valence-electron chi connectivity index (χ0n) is 13.1. The molecule has 0 aromatic heterocycles. The molecule has 0 bridgehead atoms. The van der Waals surface area contributed by atoms with Crippen molar-refractivity contribution in [2.45, 2.75) is 26.4 Å². The van der Waals surface area contributed by atoms with E-state index in [4.69, 9.17) is 10.5 Å². The summed E-state index contributed by atoms with van der Waals surface area (Å²) >= 11 is 0. The zero-order chi connectivity index (χ0) is 15.1. The van der Waals surface area contributed by atoms with E-state index in [1.165, 1.54) is 16.5 Å². The van der Waals surface area contributed by atoms with Crippen molar-refractivity contribution in [2.75, 3.05) is 31.1 Å². The van der Waals surface area contributed by atoms with Crippen LogP contribution in [0.1, 0.15) is 20.3 Å². The van der Waals surface area contributed by atoms with Gasteiger partial charge in [0, 0.05) is 37.3 Å². The highest BCUT2D eigenvalue weighted by Gasteiger charge is 2.12. The maximum atomic E-state index is 5.77. The molecule has 21 heavy (non-hydrogen) atoms. The van der Waals surface area contributed by atoms with Gasteiger partial charge in [-0.25, -0.2) is 0 Å². The average Bonchev–Trinajstić information content (AvgIpc) is 2.54. The van der Waals surface area contributed by atoms with E-state index >= 15 is 0 Å². The van der Waals surface area contributed by atoms with Gasteiger partial charge in [-0.05, 0) is 31.7 Å². The summed E-state index contributed by atoms with van der Waals surface area (Å²) in [5.74, 6) is 0. The maximum Gasteiger partial charge on any atom is 0.0713 e. The van der Waals surface area contributed by atoms with Crippen LogP contribution in [0, 0.1) is 0 Å². The van der Waals surface area contributed by atoms with Crippen molar-refractivity contribution in [1.82, 2.24) is 0 Å². The van der Waals surface area contributed by atoms with Crippen LogP contribution >= 0.6 is 0 Å². The first-order valence-corrected chi connectivity index (χ1v) is 7.84. The number of rotatable bonds is 8. The van der Waals surface area contributed by atoms with Gasteiger partial charge in [-0.15, -0.1) is 0 Å². The van der Waals surface area contributed by atoms with Gasteiger partial charge in [-0.3, -0.25) is 0 Å². The highest BCUT2D eigenvalue weighted by molar-refractivity contribution is 5.94. The third-order valence-corrected chi connectivity index (χ3v) is 3.88. The van der Waals surface area contributed by atoms with Crippen LogP contribution < -0.4 is 10.6 Å². The molecule has 3 nitrogen and oxygen atoms in total. The Kier molecular flexibility index (Phi) is 6.03. The second-order valence-electron chi connectivity index (χ2n) is 5.18. The van der Waals surface area contributed by atoms with Crippen molar-refractivity contribution >= 4 is 16.5 Å².